The molecule has 24 heavy (non-hydrogen) atoms. The van der Waals surface area contributed by atoms with Crippen LogP contribution in [0.2, 0.25) is 0 Å². The van der Waals surface area contributed by atoms with E-state index in [-0.39, 0.29) is 11.7 Å². The predicted octanol–water partition coefficient (Wildman–Crippen LogP) is 4.54. The van der Waals surface area contributed by atoms with Crippen LogP contribution in [-0.2, 0) is 17.6 Å². The molecule has 0 bridgehead atoms. The number of thiophene rings is 1. The molecule has 0 fully saturated rings. The molecular formula is C19H17FN2OS. The Morgan fingerprint density at radius 3 is 2.88 bits per heavy atom. The summed E-state index contributed by atoms with van der Waals surface area (Å²) in [5.74, 6) is 0.0146. The van der Waals surface area contributed by atoms with Crippen LogP contribution in [0.3, 0.4) is 0 Å². The van der Waals surface area contributed by atoms with E-state index >= 15 is 0 Å². The molecule has 0 aliphatic heterocycles. The summed E-state index contributed by atoms with van der Waals surface area (Å²) in [6, 6.07) is 8.13. The second kappa shape index (κ2) is 6.98. The highest BCUT2D eigenvalue weighted by Crippen LogP contribution is 2.39. The number of carbonyl (C=O) groups excluding carboxylic acids is 1. The standard InChI is InChI=1S/C19H17FN2OS/c1-12-2-8-15-16(11-21)19(24-17(15)10-12)22-18(23)9-5-13-3-6-14(20)7-4-13/h3-7,9,12H,2,8,10H2,1H3,(H,22,23)/b9-5-/t12-/m0/s1. The zero-order valence-corrected chi connectivity index (χ0v) is 14.1. The van der Waals surface area contributed by atoms with Gasteiger partial charge in [-0.1, -0.05) is 19.1 Å². The minimum Gasteiger partial charge on any atom is -0.313 e. The highest BCUT2D eigenvalue weighted by atomic mass is 32.1. The maximum absolute atomic E-state index is 12.9. The third kappa shape index (κ3) is 3.55. The van der Waals surface area contributed by atoms with E-state index in [0.29, 0.717) is 16.5 Å². The summed E-state index contributed by atoms with van der Waals surface area (Å²) >= 11 is 1.50. The molecule has 3 rings (SSSR count). The SMILES string of the molecule is C[C@H]1CCc2c(sc(NC(=O)/C=C\c3ccc(F)cc3)c2C#N)C1. The van der Waals surface area contributed by atoms with Gasteiger partial charge >= 0.3 is 0 Å². The number of fused-ring (bicyclic) bond motifs is 1. The zero-order chi connectivity index (χ0) is 17.1. The maximum Gasteiger partial charge on any atom is 0.249 e. The first-order valence-electron chi connectivity index (χ1n) is 7.86. The van der Waals surface area contributed by atoms with Crippen LogP contribution in [0.4, 0.5) is 9.39 Å². The van der Waals surface area contributed by atoms with Gasteiger partial charge in [-0.15, -0.1) is 11.3 Å². The molecule has 1 atom stereocenters. The Morgan fingerprint density at radius 2 is 2.17 bits per heavy atom. The summed E-state index contributed by atoms with van der Waals surface area (Å²) < 4.78 is 12.9. The van der Waals surface area contributed by atoms with E-state index in [1.54, 1.807) is 18.2 Å². The molecule has 1 aromatic carbocycles. The Morgan fingerprint density at radius 1 is 1.42 bits per heavy atom. The quantitative estimate of drug-likeness (QED) is 0.834. The number of nitrogens with zero attached hydrogens (tertiary/aromatic N) is 1. The molecule has 2 aromatic rings. The third-order valence-corrected chi connectivity index (χ3v) is 5.33. The van der Waals surface area contributed by atoms with Gasteiger partial charge in [-0.25, -0.2) is 4.39 Å². The molecule has 0 unspecified atom stereocenters. The monoisotopic (exact) mass is 340 g/mol. The molecule has 5 heteroatoms. The first kappa shape index (κ1) is 16.4. The molecule has 1 N–H and O–H groups in total. The van der Waals surface area contributed by atoms with E-state index in [0.717, 1.165) is 30.4 Å². The average molecular weight is 340 g/mol. The van der Waals surface area contributed by atoms with Crippen molar-refractivity contribution < 1.29 is 9.18 Å². The van der Waals surface area contributed by atoms with Crippen LogP contribution in [-0.4, -0.2) is 5.91 Å². The molecule has 1 aliphatic carbocycles. The number of nitrogens with one attached hydrogen (secondary N) is 1. The molecule has 1 aliphatic rings. The van der Waals surface area contributed by atoms with Gasteiger partial charge in [0.1, 0.15) is 16.9 Å². The minimum absolute atomic E-state index is 0.289. The highest BCUT2D eigenvalue weighted by Gasteiger charge is 2.24. The van der Waals surface area contributed by atoms with Crippen molar-refractivity contribution in [2.45, 2.75) is 26.2 Å². The average Bonchev–Trinajstić information content (AvgIpc) is 2.90. The minimum atomic E-state index is -0.311. The number of benzene rings is 1. The summed E-state index contributed by atoms with van der Waals surface area (Å²) in [4.78, 5) is 13.3. The lowest BCUT2D eigenvalue weighted by atomic mass is 9.89. The number of hydrogen-bond acceptors (Lipinski definition) is 3. The second-order valence-electron chi connectivity index (χ2n) is 6.04. The number of nitriles is 1. The highest BCUT2D eigenvalue weighted by molar-refractivity contribution is 7.16. The van der Waals surface area contributed by atoms with Crippen molar-refractivity contribution in [3.05, 3.63) is 57.7 Å². The lowest BCUT2D eigenvalue weighted by molar-refractivity contribution is -0.111. The summed E-state index contributed by atoms with van der Waals surface area (Å²) in [6.07, 6.45) is 5.97. The number of amides is 1. The fraction of sp³-hybridized carbons (Fsp3) is 0.263. The van der Waals surface area contributed by atoms with Gasteiger partial charge < -0.3 is 5.32 Å². The Bertz CT molecular complexity index is 830. The van der Waals surface area contributed by atoms with Crippen LogP contribution >= 0.6 is 11.3 Å². The lowest BCUT2D eigenvalue weighted by Gasteiger charge is -2.17. The van der Waals surface area contributed by atoms with Crippen LogP contribution in [0.1, 0.15) is 34.9 Å². The molecular weight excluding hydrogens is 323 g/mol. The fourth-order valence-electron chi connectivity index (χ4n) is 2.86. The van der Waals surface area contributed by atoms with Crippen molar-refractivity contribution in [2.75, 3.05) is 5.32 Å². The van der Waals surface area contributed by atoms with Gasteiger partial charge in [0, 0.05) is 11.0 Å². The van der Waals surface area contributed by atoms with E-state index in [1.807, 2.05) is 0 Å². The zero-order valence-electron chi connectivity index (χ0n) is 13.3. The van der Waals surface area contributed by atoms with Gasteiger partial charge in [0.2, 0.25) is 5.91 Å². The largest absolute Gasteiger partial charge is 0.313 e. The number of halogens is 1. The van der Waals surface area contributed by atoms with Crippen molar-refractivity contribution in [1.82, 2.24) is 0 Å². The smallest absolute Gasteiger partial charge is 0.249 e. The molecule has 1 aromatic heterocycles. The number of hydrogen-bond donors (Lipinski definition) is 1. The Labute approximate surface area is 144 Å². The fourth-order valence-corrected chi connectivity index (χ4v) is 4.22. The van der Waals surface area contributed by atoms with Crippen LogP contribution in [0.15, 0.2) is 30.3 Å². The van der Waals surface area contributed by atoms with E-state index in [1.165, 1.54) is 34.4 Å². The second-order valence-corrected chi connectivity index (χ2v) is 7.15. The normalized spacial score (nSPS) is 16.6. The van der Waals surface area contributed by atoms with Crippen molar-refractivity contribution in [3.8, 4) is 6.07 Å². The van der Waals surface area contributed by atoms with Gasteiger partial charge in [-0.05, 0) is 54.5 Å². The van der Waals surface area contributed by atoms with Crippen molar-refractivity contribution in [2.24, 2.45) is 5.92 Å². The molecule has 0 saturated carbocycles. The van der Waals surface area contributed by atoms with Crippen LogP contribution in [0, 0.1) is 23.1 Å². The summed E-state index contributed by atoms with van der Waals surface area (Å²) in [6.45, 7) is 2.21. The number of anilines is 1. The molecule has 0 radical (unpaired) electrons. The molecule has 3 nitrogen and oxygen atoms in total. The first-order valence-corrected chi connectivity index (χ1v) is 8.67. The molecule has 122 valence electrons. The summed E-state index contributed by atoms with van der Waals surface area (Å²) in [5.41, 5.74) is 2.44. The van der Waals surface area contributed by atoms with Crippen molar-refractivity contribution in [1.29, 1.82) is 5.26 Å². The summed E-state index contributed by atoms with van der Waals surface area (Å²) in [7, 11) is 0. The molecule has 0 spiro atoms. The Balaban J connectivity index is 1.75. The molecule has 1 amide bonds. The topological polar surface area (TPSA) is 52.9 Å². The summed E-state index contributed by atoms with van der Waals surface area (Å²) in [5, 5.41) is 12.9. The van der Waals surface area contributed by atoms with E-state index in [4.69, 9.17) is 0 Å². The number of carbonyl (C=O) groups is 1. The van der Waals surface area contributed by atoms with Gasteiger partial charge in [0.25, 0.3) is 0 Å². The Hall–Kier alpha value is -2.45. The van der Waals surface area contributed by atoms with Gasteiger partial charge in [-0.3, -0.25) is 4.79 Å². The lowest BCUT2D eigenvalue weighted by Crippen LogP contribution is -2.10. The predicted molar refractivity (Wildman–Crippen MR) is 94.3 cm³/mol. The maximum atomic E-state index is 12.9. The third-order valence-electron chi connectivity index (χ3n) is 4.16. The first-order chi connectivity index (χ1) is 11.6. The van der Waals surface area contributed by atoms with E-state index in [2.05, 4.69) is 18.3 Å². The Kier molecular flexibility index (Phi) is 4.77. The molecule has 1 heterocycles. The van der Waals surface area contributed by atoms with Crippen molar-refractivity contribution in [3.63, 3.8) is 0 Å². The van der Waals surface area contributed by atoms with Crippen LogP contribution in [0.5, 0.6) is 0 Å². The van der Waals surface area contributed by atoms with E-state index < -0.39 is 0 Å². The van der Waals surface area contributed by atoms with Gasteiger partial charge in [-0.2, -0.15) is 5.26 Å². The van der Waals surface area contributed by atoms with Crippen molar-refractivity contribution >= 4 is 28.3 Å². The van der Waals surface area contributed by atoms with Gasteiger partial charge in [0.05, 0.1) is 5.56 Å². The number of rotatable bonds is 3. The van der Waals surface area contributed by atoms with Crippen LogP contribution in [0.25, 0.3) is 6.08 Å². The molecule has 0 saturated heterocycles. The van der Waals surface area contributed by atoms with Gasteiger partial charge in [0.15, 0.2) is 0 Å². The van der Waals surface area contributed by atoms with E-state index in [9.17, 15) is 14.4 Å². The van der Waals surface area contributed by atoms with Crippen LogP contribution < -0.4 is 5.32 Å².